The fourth-order valence-electron chi connectivity index (χ4n) is 1.40. The van der Waals surface area contributed by atoms with E-state index >= 15 is 0 Å². The Morgan fingerprint density at radius 2 is 2.06 bits per heavy atom. The highest BCUT2D eigenvalue weighted by molar-refractivity contribution is 5.47. The Morgan fingerprint density at radius 3 is 2.75 bits per heavy atom. The van der Waals surface area contributed by atoms with Gasteiger partial charge in [0.2, 0.25) is 0 Å². The molecule has 0 saturated heterocycles. The highest BCUT2D eigenvalue weighted by Gasteiger charge is 2.09. The smallest absolute Gasteiger partial charge is 0.104 e. The van der Waals surface area contributed by atoms with Gasteiger partial charge in [0, 0.05) is 31.6 Å². The van der Waals surface area contributed by atoms with Gasteiger partial charge in [0.05, 0.1) is 6.61 Å². The Balaban J connectivity index is 2.30. The van der Waals surface area contributed by atoms with E-state index in [0.717, 1.165) is 6.42 Å². The molecule has 0 aliphatic carbocycles. The molecule has 1 atom stereocenters. The summed E-state index contributed by atoms with van der Waals surface area (Å²) in [6.45, 7) is 1.51. The third-order valence-electron chi connectivity index (χ3n) is 2.27. The second kappa shape index (κ2) is 7.22. The van der Waals surface area contributed by atoms with Crippen molar-refractivity contribution in [2.75, 3.05) is 32.7 Å². The lowest BCUT2D eigenvalue weighted by molar-refractivity contribution is 0.0282. The maximum atomic E-state index is 9.82. The number of nitrogen functional groups attached to an aromatic ring is 1. The highest BCUT2D eigenvalue weighted by atomic mass is 16.5. The number of rotatable bonds is 7. The molecule has 16 heavy (non-hydrogen) atoms. The number of anilines is 1. The predicted octanol–water partition coefficient (Wildman–Crippen LogP) is 1.36. The molecule has 4 heteroatoms. The maximum absolute atomic E-state index is 9.82. The molecular formula is C12H19NO3. The van der Waals surface area contributed by atoms with Crippen molar-refractivity contribution in [2.45, 2.75) is 12.5 Å². The molecule has 1 unspecified atom stereocenters. The van der Waals surface area contributed by atoms with Gasteiger partial charge < -0.3 is 20.3 Å². The molecule has 90 valence electrons. The normalized spacial score (nSPS) is 12.6. The molecule has 0 fully saturated rings. The van der Waals surface area contributed by atoms with Gasteiger partial charge in [-0.25, -0.2) is 0 Å². The number of ether oxygens (including phenoxy) is 2. The molecule has 1 rings (SSSR count). The summed E-state index contributed by atoms with van der Waals surface area (Å²) in [6, 6.07) is 7.26. The number of hydrogen-bond donors (Lipinski definition) is 2. The van der Waals surface area contributed by atoms with Gasteiger partial charge in [-0.1, -0.05) is 18.2 Å². The summed E-state index contributed by atoms with van der Waals surface area (Å²) in [5.74, 6) is 0. The van der Waals surface area contributed by atoms with Crippen molar-refractivity contribution < 1.29 is 14.6 Å². The average molecular weight is 225 g/mol. The SMILES string of the molecule is COCCCOCC(O)c1ccccc1N. The van der Waals surface area contributed by atoms with Crippen LogP contribution in [0, 0.1) is 0 Å². The predicted molar refractivity (Wildman–Crippen MR) is 63.1 cm³/mol. The molecule has 4 nitrogen and oxygen atoms in total. The fraction of sp³-hybridized carbons (Fsp3) is 0.500. The number of nitrogens with two attached hydrogens (primary N) is 1. The molecule has 0 aromatic heterocycles. The first-order valence-corrected chi connectivity index (χ1v) is 5.35. The van der Waals surface area contributed by atoms with Crippen molar-refractivity contribution in [1.82, 2.24) is 0 Å². The fourth-order valence-corrected chi connectivity index (χ4v) is 1.40. The van der Waals surface area contributed by atoms with E-state index < -0.39 is 6.10 Å². The molecular weight excluding hydrogens is 206 g/mol. The van der Waals surface area contributed by atoms with Gasteiger partial charge in [-0.2, -0.15) is 0 Å². The van der Waals surface area contributed by atoms with Crippen molar-refractivity contribution in [3.63, 3.8) is 0 Å². The first-order valence-electron chi connectivity index (χ1n) is 5.35. The number of hydrogen-bond acceptors (Lipinski definition) is 4. The van der Waals surface area contributed by atoms with Crippen LogP contribution < -0.4 is 5.73 Å². The summed E-state index contributed by atoms with van der Waals surface area (Å²) in [5, 5.41) is 9.82. The topological polar surface area (TPSA) is 64.7 Å². The lowest BCUT2D eigenvalue weighted by Gasteiger charge is -2.13. The molecule has 0 saturated carbocycles. The summed E-state index contributed by atoms with van der Waals surface area (Å²) in [4.78, 5) is 0. The van der Waals surface area contributed by atoms with E-state index in [4.69, 9.17) is 15.2 Å². The van der Waals surface area contributed by atoms with Crippen molar-refractivity contribution >= 4 is 5.69 Å². The van der Waals surface area contributed by atoms with E-state index in [-0.39, 0.29) is 6.61 Å². The Hall–Kier alpha value is -1.10. The van der Waals surface area contributed by atoms with E-state index in [1.807, 2.05) is 12.1 Å². The minimum absolute atomic E-state index is 0.262. The first-order chi connectivity index (χ1) is 7.75. The van der Waals surface area contributed by atoms with Crippen LogP contribution >= 0.6 is 0 Å². The highest BCUT2D eigenvalue weighted by Crippen LogP contribution is 2.19. The van der Waals surface area contributed by atoms with Crippen molar-refractivity contribution in [3.8, 4) is 0 Å². The van der Waals surface area contributed by atoms with Gasteiger partial charge in [0.25, 0.3) is 0 Å². The third-order valence-corrected chi connectivity index (χ3v) is 2.27. The van der Waals surface area contributed by atoms with Gasteiger partial charge in [-0.15, -0.1) is 0 Å². The van der Waals surface area contributed by atoms with Gasteiger partial charge in [0.15, 0.2) is 0 Å². The molecule has 0 aliphatic rings. The van der Waals surface area contributed by atoms with E-state index in [0.29, 0.717) is 24.5 Å². The zero-order valence-electron chi connectivity index (χ0n) is 9.56. The molecule has 3 N–H and O–H groups in total. The van der Waals surface area contributed by atoms with Crippen LogP contribution in [0.3, 0.4) is 0 Å². The number of para-hydroxylation sites is 1. The minimum atomic E-state index is -0.663. The van der Waals surface area contributed by atoms with Gasteiger partial charge in [-0.05, 0) is 12.5 Å². The Labute approximate surface area is 96.0 Å². The molecule has 1 aromatic carbocycles. The van der Waals surface area contributed by atoms with Gasteiger partial charge in [0.1, 0.15) is 6.10 Å². The third kappa shape index (κ3) is 4.18. The van der Waals surface area contributed by atoms with E-state index in [9.17, 15) is 5.11 Å². The monoisotopic (exact) mass is 225 g/mol. The van der Waals surface area contributed by atoms with Gasteiger partial charge in [-0.3, -0.25) is 0 Å². The summed E-state index contributed by atoms with van der Waals surface area (Å²) in [7, 11) is 1.65. The van der Waals surface area contributed by atoms with Crippen molar-refractivity contribution in [2.24, 2.45) is 0 Å². The second-order valence-electron chi connectivity index (χ2n) is 3.57. The van der Waals surface area contributed by atoms with Crippen LogP contribution in [-0.2, 0) is 9.47 Å². The van der Waals surface area contributed by atoms with Crippen LogP contribution in [0.1, 0.15) is 18.1 Å². The van der Waals surface area contributed by atoms with Crippen molar-refractivity contribution in [3.05, 3.63) is 29.8 Å². The Bertz CT molecular complexity index is 304. The minimum Gasteiger partial charge on any atom is -0.398 e. The summed E-state index contributed by atoms with van der Waals surface area (Å²) < 4.78 is 10.2. The largest absolute Gasteiger partial charge is 0.398 e. The lowest BCUT2D eigenvalue weighted by Crippen LogP contribution is -2.10. The number of methoxy groups -OCH3 is 1. The van der Waals surface area contributed by atoms with Crippen LogP contribution in [0.15, 0.2) is 24.3 Å². The van der Waals surface area contributed by atoms with E-state index in [1.165, 1.54) is 0 Å². The van der Waals surface area contributed by atoms with Crippen LogP contribution in [0.25, 0.3) is 0 Å². The number of aliphatic hydroxyl groups excluding tert-OH is 1. The Kier molecular flexibility index (Phi) is 5.85. The lowest BCUT2D eigenvalue weighted by atomic mass is 10.1. The molecule has 0 amide bonds. The zero-order chi connectivity index (χ0) is 11.8. The van der Waals surface area contributed by atoms with Gasteiger partial charge >= 0.3 is 0 Å². The van der Waals surface area contributed by atoms with Crippen LogP contribution in [0.4, 0.5) is 5.69 Å². The van der Waals surface area contributed by atoms with Crippen LogP contribution in [0.2, 0.25) is 0 Å². The quantitative estimate of drug-likeness (QED) is 0.543. The number of benzene rings is 1. The second-order valence-corrected chi connectivity index (χ2v) is 3.57. The molecule has 1 aromatic rings. The number of aliphatic hydroxyl groups is 1. The van der Waals surface area contributed by atoms with Crippen LogP contribution in [0.5, 0.6) is 0 Å². The van der Waals surface area contributed by atoms with E-state index in [1.54, 1.807) is 19.2 Å². The Morgan fingerprint density at radius 1 is 1.31 bits per heavy atom. The molecule has 0 heterocycles. The summed E-state index contributed by atoms with van der Waals surface area (Å²) in [5.41, 5.74) is 7.05. The zero-order valence-corrected chi connectivity index (χ0v) is 9.56. The van der Waals surface area contributed by atoms with Crippen molar-refractivity contribution in [1.29, 1.82) is 0 Å². The maximum Gasteiger partial charge on any atom is 0.104 e. The van der Waals surface area contributed by atoms with Crippen LogP contribution in [-0.4, -0.2) is 32.0 Å². The standard InChI is InChI=1S/C12H19NO3/c1-15-7-4-8-16-9-12(14)10-5-2-3-6-11(10)13/h2-3,5-6,12,14H,4,7-9,13H2,1H3. The van der Waals surface area contributed by atoms with E-state index in [2.05, 4.69) is 0 Å². The summed E-state index contributed by atoms with van der Waals surface area (Å²) in [6.07, 6.45) is 0.164. The molecule has 0 bridgehead atoms. The average Bonchev–Trinajstić information content (AvgIpc) is 2.29. The molecule has 0 spiro atoms. The molecule has 0 aliphatic heterocycles. The molecule has 0 radical (unpaired) electrons. The summed E-state index contributed by atoms with van der Waals surface area (Å²) >= 11 is 0. The first kappa shape index (κ1) is 13.0.